The number of amides is 1. The number of Topliss-reactive ketones (excluding diaryl/α,β-unsaturated/α-hetero) is 1. The lowest BCUT2D eigenvalue weighted by Gasteiger charge is -2.19. The van der Waals surface area contributed by atoms with Crippen LogP contribution in [0, 0.1) is 0 Å². The van der Waals surface area contributed by atoms with Gasteiger partial charge in [-0.05, 0) is 31.5 Å². The van der Waals surface area contributed by atoms with Gasteiger partial charge in [0.25, 0.3) is 0 Å². The highest BCUT2D eigenvalue weighted by atomic mass is 16.2. The summed E-state index contributed by atoms with van der Waals surface area (Å²) in [4.78, 5) is 27.1. The van der Waals surface area contributed by atoms with Gasteiger partial charge in [0.15, 0.2) is 5.78 Å². The second kappa shape index (κ2) is 10.3. The molecule has 0 unspecified atom stereocenters. The van der Waals surface area contributed by atoms with E-state index in [-0.39, 0.29) is 13.1 Å². The van der Waals surface area contributed by atoms with Crippen molar-refractivity contribution in [2.24, 2.45) is 0 Å². The molecule has 1 amide bonds. The van der Waals surface area contributed by atoms with E-state index in [0.29, 0.717) is 19.4 Å². The van der Waals surface area contributed by atoms with Crippen LogP contribution in [0.3, 0.4) is 0 Å². The molecule has 1 aliphatic carbocycles. The number of hydrogen-bond donors (Lipinski definition) is 1. The molecule has 2 aliphatic rings. The molecule has 1 aliphatic heterocycles. The van der Waals surface area contributed by atoms with Crippen LogP contribution in [0.5, 0.6) is 0 Å². The van der Waals surface area contributed by atoms with Gasteiger partial charge in [-0.3, -0.25) is 14.5 Å². The first-order valence-electron chi connectivity index (χ1n) is 10.1. The first-order chi connectivity index (χ1) is 12.7. The number of ketones is 1. The molecule has 1 fully saturated rings. The summed E-state index contributed by atoms with van der Waals surface area (Å²) in [5.74, 6) is 0.112. The zero-order chi connectivity index (χ0) is 18.9. The number of carbonyl (C=O) groups excluding carboxylic acids is 2. The van der Waals surface area contributed by atoms with Crippen LogP contribution in [0.15, 0.2) is 29.8 Å². The number of benzene rings is 1. The lowest BCUT2D eigenvalue weighted by atomic mass is 10.1. The summed E-state index contributed by atoms with van der Waals surface area (Å²) in [5.41, 5.74) is 3.61. The lowest BCUT2D eigenvalue weighted by Crippen LogP contribution is -2.37. The Bertz CT molecular complexity index is 662. The van der Waals surface area contributed by atoms with E-state index in [0.717, 1.165) is 35.5 Å². The fourth-order valence-electron chi connectivity index (χ4n) is 3.63. The van der Waals surface area contributed by atoms with E-state index in [1.807, 2.05) is 45.0 Å². The molecule has 0 atom stereocenters. The molecule has 1 N–H and O–H groups in total. The summed E-state index contributed by atoms with van der Waals surface area (Å²) in [6.45, 7) is 8.27. The third-order valence-corrected chi connectivity index (χ3v) is 4.94. The molecule has 1 aromatic rings. The Kier molecular flexibility index (Phi) is 8.05. The summed E-state index contributed by atoms with van der Waals surface area (Å²) in [7, 11) is 0. The van der Waals surface area contributed by atoms with Crippen LogP contribution in [-0.2, 0) is 16.0 Å². The number of rotatable bonds is 5. The van der Waals surface area contributed by atoms with Crippen LogP contribution >= 0.6 is 0 Å². The Balaban J connectivity index is 0.00000118. The predicted molar refractivity (Wildman–Crippen MR) is 109 cm³/mol. The van der Waals surface area contributed by atoms with Crippen molar-refractivity contribution in [1.29, 1.82) is 0 Å². The van der Waals surface area contributed by atoms with Crippen molar-refractivity contribution < 1.29 is 11.0 Å². The van der Waals surface area contributed by atoms with E-state index in [1.165, 1.54) is 25.7 Å². The molecule has 26 heavy (non-hydrogen) atoms. The van der Waals surface area contributed by atoms with Gasteiger partial charge in [0.05, 0.1) is 12.2 Å². The number of likely N-dealkylation sites (tertiary alicyclic amines) is 1. The minimum Gasteiger partial charge on any atom is -0.324 e. The zero-order valence-electron chi connectivity index (χ0n) is 16.4. The predicted octanol–water partition coefficient (Wildman–Crippen LogP) is 4.20. The van der Waals surface area contributed by atoms with Crippen molar-refractivity contribution in [2.75, 3.05) is 19.6 Å². The molecule has 0 saturated carbocycles. The first-order valence-corrected chi connectivity index (χ1v) is 10.1. The monoisotopic (exact) mass is 358 g/mol. The number of hydrogen-bond acceptors (Lipinski definition) is 3. The van der Waals surface area contributed by atoms with Crippen molar-refractivity contribution in [1.82, 2.24) is 10.2 Å². The van der Waals surface area contributed by atoms with Gasteiger partial charge in [0, 0.05) is 25.4 Å². The minimum atomic E-state index is -0.00925. The van der Waals surface area contributed by atoms with E-state index in [4.69, 9.17) is 0 Å². The van der Waals surface area contributed by atoms with Gasteiger partial charge in [-0.1, -0.05) is 57.9 Å². The summed E-state index contributed by atoms with van der Waals surface area (Å²) in [6, 6.07) is 7.97. The van der Waals surface area contributed by atoms with Gasteiger partial charge in [0.2, 0.25) is 5.91 Å². The van der Waals surface area contributed by atoms with Crippen LogP contribution in [-0.4, -0.2) is 36.2 Å². The van der Waals surface area contributed by atoms with Crippen molar-refractivity contribution >= 4 is 17.4 Å². The maximum absolute atomic E-state index is 12.5. The van der Waals surface area contributed by atoms with Crippen molar-refractivity contribution in [2.45, 2.75) is 59.3 Å². The van der Waals surface area contributed by atoms with E-state index in [9.17, 15) is 9.59 Å². The normalized spacial score (nSPS) is 17.0. The minimum absolute atomic E-state index is 0. The van der Waals surface area contributed by atoms with Gasteiger partial charge in [-0.2, -0.15) is 0 Å². The molecule has 4 nitrogen and oxygen atoms in total. The molecule has 0 radical (unpaired) electrons. The maximum atomic E-state index is 12.5. The van der Waals surface area contributed by atoms with Crippen LogP contribution < -0.4 is 5.32 Å². The largest absolute Gasteiger partial charge is 0.324 e. The first kappa shape index (κ1) is 20.4. The molecule has 1 heterocycles. The Morgan fingerprint density at radius 3 is 2.38 bits per heavy atom. The Morgan fingerprint density at radius 2 is 1.73 bits per heavy atom. The average Bonchev–Trinajstić information content (AvgIpc) is 2.84. The van der Waals surface area contributed by atoms with Crippen LogP contribution in [0.2, 0.25) is 0 Å². The molecular weight excluding hydrogens is 324 g/mol. The van der Waals surface area contributed by atoms with E-state index < -0.39 is 0 Å². The summed E-state index contributed by atoms with van der Waals surface area (Å²) < 4.78 is 0. The molecule has 1 saturated heterocycles. The maximum Gasteiger partial charge on any atom is 0.238 e. The highest BCUT2D eigenvalue weighted by Gasteiger charge is 2.26. The molecule has 0 aromatic heterocycles. The van der Waals surface area contributed by atoms with Crippen LogP contribution in [0.4, 0.5) is 0 Å². The lowest BCUT2D eigenvalue weighted by molar-refractivity contribution is -0.121. The summed E-state index contributed by atoms with van der Waals surface area (Å²) in [6.07, 6.45) is 5.94. The number of nitrogens with zero attached hydrogens (tertiary/aromatic N) is 1. The number of nitrogens with one attached hydrogen (secondary N) is 1. The number of carbonyl (C=O) groups is 2. The fraction of sp³-hybridized carbons (Fsp3) is 0.545. The molecule has 144 valence electrons. The average molecular weight is 359 g/mol. The third kappa shape index (κ3) is 5.04. The second-order valence-electron chi connectivity index (χ2n) is 6.70. The quantitative estimate of drug-likeness (QED) is 0.858. The van der Waals surface area contributed by atoms with Gasteiger partial charge in [-0.15, -0.1) is 0 Å². The zero-order valence-corrected chi connectivity index (χ0v) is 16.4. The van der Waals surface area contributed by atoms with E-state index in [1.54, 1.807) is 0 Å². The van der Waals surface area contributed by atoms with Crippen molar-refractivity contribution in [3.05, 3.63) is 41.0 Å². The molecule has 1 aromatic carbocycles. The van der Waals surface area contributed by atoms with Gasteiger partial charge < -0.3 is 5.32 Å². The van der Waals surface area contributed by atoms with E-state index >= 15 is 0 Å². The third-order valence-electron chi connectivity index (χ3n) is 4.94. The van der Waals surface area contributed by atoms with Crippen molar-refractivity contribution in [3.63, 3.8) is 0 Å². The van der Waals surface area contributed by atoms with Gasteiger partial charge >= 0.3 is 0 Å². The van der Waals surface area contributed by atoms with E-state index in [2.05, 4.69) is 10.2 Å². The molecule has 0 bridgehead atoms. The number of allylic oxidation sites excluding steroid dienone is 1. The molecule has 4 heteroatoms. The van der Waals surface area contributed by atoms with Crippen LogP contribution in [0.25, 0.3) is 5.70 Å². The Labute approximate surface area is 159 Å². The highest BCUT2D eigenvalue weighted by molar-refractivity contribution is 6.07. The molecular formula is C22H34N2O2. The molecule has 3 rings (SSSR count). The second-order valence-corrected chi connectivity index (χ2v) is 6.70. The van der Waals surface area contributed by atoms with Crippen molar-refractivity contribution in [3.8, 4) is 0 Å². The number of fused-ring (bicyclic) bond motifs is 1. The van der Waals surface area contributed by atoms with Crippen LogP contribution in [0.1, 0.15) is 65.4 Å². The summed E-state index contributed by atoms with van der Waals surface area (Å²) >= 11 is 0. The standard InChI is InChI=1S/C20H26N2O2.C2H6.H2/c1-2-18(23)17-13-15-9-5-6-10-16(15)20(17)21-19(24)14-22-11-7-3-4-8-12-22;1-2;/h5-6,9-10H,2-4,7-8,11-14H2,1H3,(H,21,24);1-2H3;1H. The fourth-order valence-corrected chi connectivity index (χ4v) is 3.63. The SMILES string of the molecule is CC.CCC(=O)C1=C(NC(=O)CN2CCCCCC2)c2ccccc2C1.[HH]. The smallest absolute Gasteiger partial charge is 0.238 e. The molecule has 0 spiro atoms. The van der Waals surface area contributed by atoms with Gasteiger partial charge in [-0.25, -0.2) is 0 Å². The summed E-state index contributed by atoms with van der Waals surface area (Å²) in [5, 5.41) is 3.05. The Morgan fingerprint density at radius 1 is 1.08 bits per heavy atom. The Hall–Kier alpha value is -1.94. The van der Waals surface area contributed by atoms with Gasteiger partial charge in [0.1, 0.15) is 0 Å². The highest BCUT2D eigenvalue weighted by Crippen LogP contribution is 2.31. The topological polar surface area (TPSA) is 49.4 Å².